The van der Waals surface area contributed by atoms with Crippen molar-refractivity contribution < 1.29 is 13.2 Å². The highest BCUT2D eigenvalue weighted by molar-refractivity contribution is 5.33. The molecular weight excluding hydrogens is 269 g/mol. The monoisotopic (exact) mass is 284 g/mol. The number of hydrogen-bond acceptors (Lipinski definition) is 3. The SMILES string of the molecule is CNC(Cc1cn(C)nn1)c1ccccc1C(F)(F)F. The van der Waals surface area contributed by atoms with Crippen molar-refractivity contribution in [3.63, 3.8) is 0 Å². The van der Waals surface area contributed by atoms with Crippen molar-refractivity contribution in [1.29, 1.82) is 0 Å². The van der Waals surface area contributed by atoms with Crippen LogP contribution in [0.2, 0.25) is 0 Å². The molecule has 0 saturated heterocycles. The molecule has 0 aliphatic carbocycles. The van der Waals surface area contributed by atoms with Crippen molar-refractivity contribution in [1.82, 2.24) is 20.3 Å². The Bertz CT molecular complexity index is 577. The lowest BCUT2D eigenvalue weighted by Gasteiger charge is -2.20. The fraction of sp³-hybridized carbons (Fsp3) is 0.385. The molecule has 1 atom stereocenters. The molecule has 0 saturated carbocycles. The quantitative estimate of drug-likeness (QED) is 0.937. The Morgan fingerprint density at radius 3 is 2.55 bits per heavy atom. The third kappa shape index (κ3) is 3.16. The molecule has 0 fully saturated rings. The zero-order chi connectivity index (χ0) is 14.8. The molecule has 1 aromatic carbocycles. The maximum atomic E-state index is 13.0. The summed E-state index contributed by atoms with van der Waals surface area (Å²) >= 11 is 0. The van der Waals surface area contributed by atoms with Crippen molar-refractivity contribution in [3.05, 3.63) is 47.3 Å². The van der Waals surface area contributed by atoms with Crippen LogP contribution < -0.4 is 5.32 Å². The first-order valence-electron chi connectivity index (χ1n) is 6.10. The first-order valence-corrected chi connectivity index (χ1v) is 6.10. The summed E-state index contributed by atoms with van der Waals surface area (Å²) < 4.78 is 40.6. The normalized spacial score (nSPS) is 13.4. The molecule has 0 amide bonds. The van der Waals surface area contributed by atoms with E-state index in [1.165, 1.54) is 16.8 Å². The minimum Gasteiger partial charge on any atom is -0.313 e. The minimum atomic E-state index is -4.37. The Kier molecular flexibility index (Phi) is 4.08. The van der Waals surface area contributed by atoms with E-state index < -0.39 is 17.8 Å². The van der Waals surface area contributed by atoms with Gasteiger partial charge in [0, 0.05) is 25.7 Å². The molecular formula is C13H15F3N4. The molecule has 0 aliphatic rings. The third-order valence-corrected chi connectivity index (χ3v) is 3.05. The fourth-order valence-corrected chi connectivity index (χ4v) is 2.12. The predicted octanol–water partition coefficient (Wildman–Crippen LogP) is 2.34. The van der Waals surface area contributed by atoms with Crippen LogP contribution in [0.5, 0.6) is 0 Å². The van der Waals surface area contributed by atoms with Crippen LogP contribution in [0.3, 0.4) is 0 Å². The van der Waals surface area contributed by atoms with Crippen molar-refractivity contribution >= 4 is 0 Å². The smallest absolute Gasteiger partial charge is 0.313 e. The number of rotatable bonds is 4. The highest BCUT2D eigenvalue weighted by atomic mass is 19.4. The van der Waals surface area contributed by atoms with Gasteiger partial charge < -0.3 is 5.32 Å². The Morgan fingerprint density at radius 1 is 1.30 bits per heavy atom. The maximum Gasteiger partial charge on any atom is 0.416 e. The van der Waals surface area contributed by atoms with E-state index >= 15 is 0 Å². The van der Waals surface area contributed by atoms with Crippen molar-refractivity contribution in [2.45, 2.75) is 18.6 Å². The van der Waals surface area contributed by atoms with Gasteiger partial charge in [0.15, 0.2) is 0 Å². The van der Waals surface area contributed by atoms with Gasteiger partial charge >= 0.3 is 6.18 Å². The number of aryl methyl sites for hydroxylation is 1. The number of benzene rings is 1. The molecule has 0 spiro atoms. The van der Waals surface area contributed by atoms with Gasteiger partial charge in [0.2, 0.25) is 0 Å². The van der Waals surface area contributed by atoms with Crippen LogP contribution in [0.1, 0.15) is 22.9 Å². The average molecular weight is 284 g/mol. The van der Waals surface area contributed by atoms with Crippen LogP contribution >= 0.6 is 0 Å². The van der Waals surface area contributed by atoms with Gasteiger partial charge in [-0.05, 0) is 18.7 Å². The Labute approximate surface area is 114 Å². The fourth-order valence-electron chi connectivity index (χ4n) is 2.12. The van der Waals surface area contributed by atoms with Gasteiger partial charge in [-0.1, -0.05) is 23.4 Å². The second kappa shape index (κ2) is 5.62. The lowest BCUT2D eigenvalue weighted by Crippen LogP contribution is -2.23. The van der Waals surface area contributed by atoms with E-state index in [-0.39, 0.29) is 5.56 Å². The van der Waals surface area contributed by atoms with Crippen LogP contribution in [-0.2, 0) is 19.6 Å². The summed E-state index contributed by atoms with van der Waals surface area (Å²) in [6.07, 6.45) is -2.33. The second-order valence-electron chi connectivity index (χ2n) is 4.51. The van der Waals surface area contributed by atoms with E-state index in [1.54, 1.807) is 26.4 Å². The third-order valence-electron chi connectivity index (χ3n) is 3.05. The van der Waals surface area contributed by atoms with Gasteiger partial charge in [-0.25, -0.2) is 0 Å². The largest absolute Gasteiger partial charge is 0.416 e. The van der Waals surface area contributed by atoms with Gasteiger partial charge in [0.05, 0.1) is 11.3 Å². The molecule has 1 unspecified atom stereocenters. The van der Waals surface area contributed by atoms with Crippen LogP contribution in [-0.4, -0.2) is 22.0 Å². The number of nitrogens with one attached hydrogen (secondary N) is 1. The molecule has 2 rings (SSSR count). The lowest BCUT2D eigenvalue weighted by molar-refractivity contribution is -0.138. The second-order valence-corrected chi connectivity index (χ2v) is 4.51. The molecule has 108 valence electrons. The topological polar surface area (TPSA) is 42.7 Å². The number of nitrogens with zero attached hydrogens (tertiary/aromatic N) is 3. The summed E-state index contributed by atoms with van der Waals surface area (Å²) in [5, 5.41) is 10.6. The van der Waals surface area contributed by atoms with Crippen molar-refractivity contribution in [2.75, 3.05) is 7.05 Å². The first-order chi connectivity index (χ1) is 9.41. The number of aromatic nitrogens is 3. The van der Waals surface area contributed by atoms with Crippen LogP contribution in [0.4, 0.5) is 13.2 Å². The minimum absolute atomic E-state index is 0.216. The van der Waals surface area contributed by atoms with Crippen LogP contribution in [0.25, 0.3) is 0 Å². The maximum absolute atomic E-state index is 13.0. The van der Waals surface area contributed by atoms with E-state index in [4.69, 9.17) is 0 Å². The summed E-state index contributed by atoms with van der Waals surface area (Å²) in [5.41, 5.74) is 0.236. The molecule has 1 aromatic heterocycles. The Hall–Kier alpha value is -1.89. The number of hydrogen-bond donors (Lipinski definition) is 1. The molecule has 1 N–H and O–H groups in total. The van der Waals surface area contributed by atoms with Crippen molar-refractivity contribution in [3.8, 4) is 0 Å². The van der Waals surface area contributed by atoms with E-state index in [0.717, 1.165) is 6.07 Å². The van der Waals surface area contributed by atoms with E-state index in [0.29, 0.717) is 12.1 Å². The molecule has 7 heteroatoms. The Balaban J connectivity index is 2.32. The predicted molar refractivity (Wildman–Crippen MR) is 68.0 cm³/mol. The van der Waals surface area contributed by atoms with Gasteiger partial charge in [-0.15, -0.1) is 5.10 Å². The van der Waals surface area contributed by atoms with E-state index in [2.05, 4.69) is 15.6 Å². The van der Waals surface area contributed by atoms with Crippen molar-refractivity contribution in [2.24, 2.45) is 7.05 Å². The van der Waals surface area contributed by atoms with E-state index in [9.17, 15) is 13.2 Å². The van der Waals surface area contributed by atoms with Gasteiger partial charge in [-0.3, -0.25) is 4.68 Å². The number of alkyl halides is 3. The summed E-state index contributed by atoms with van der Waals surface area (Å²) in [5.74, 6) is 0. The number of halogens is 3. The summed E-state index contributed by atoms with van der Waals surface area (Å²) in [4.78, 5) is 0. The molecule has 1 heterocycles. The van der Waals surface area contributed by atoms with Gasteiger partial charge in [-0.2, -0.15) is 13.2 Å². The average Bonchev–Trinajstić information content (AvgIpc) is 2.80. The van der Waals surface area contributed by atoms with Crippen LogP contribution in [0.15, 0.2) is 30.5 Å². The molecule has 4 nitrogen and oxygen atoms in total. The zero-order valence-corrected chi connectivity index (χ0v) is 11.1. The van der Waals surface area contributed by atoms with E-state index in [1.807, 2.05) is 0 Å². The molecule has 0 radical (unpaired) electrons. The van der Waals surface area contributed by atoms with Gasteiger partial charge in [0.25, 0.3) is 0 Å². The standard InChI is InChI=1S/C13H15F3N4/c1-17-12(7-9-8-20(2)19-18-9)10-5-3-4-6-11(10)13(14,15)16/h3-6,8,12,17H,7H2,1-2H3. The molecule has 0 aliphatic heterocycles. The zero-order valence-electron chi connectivity index (χ0n) is 11.1. The molecule has 2 aromatic rings. The highest BCUT2D eigenvalue weighted by Crippen LogP contribution is 2.35. The summed E-state index contributed by atoms with van der Waals surface area (Å²) in [6, 6.07) is 5.11. The summed E-state index contributed by atoms with van der Waals surface area (Å²) in [7, 11) is 3.35. The first kappa shape index (κ1) is 14.5. The van der Waals surface area contributed by atoms with Crippen LogP contribution in [0, 0.1) is 0 Å². The number of likely N-dealkylation sites (N-methyl/N-ethyl adjacent to an activating group) is 1. The highest BCUT2D eigenvalue weighted by Gasteiger charge is 2.34. The summed E-state index contributed by atoms with van der Waals surface area (Å²) in [6.45, 7) is 0. The van der Waals surface area contributed by atoms with Gasteiger partial charge in [0.1, 0.15) is 0 Å². The lowest BCUT2D eigenvalue weighted by atomic mass is 9.96. The Morgan fingerprint density at radius 2 is 2.00 bits per heavy atom. The molecule has 20 heavy (non-hydrogen) atoms. The molecule has 0 bridgehead atoms.